The van der Waals surface area contributed by atoms with Gasteiger partial charge in [-0.25, -0.2) is 18.6 Å². The second kappa shape index (κ2) is 6.12. The standard InChI is InChI=1S/C13H8F2N2O5/c1-21-13(18)7-2-11(17(19)20)12(16-6-7)22-10-4-8(14)3-9(15)5-10/h2-6H,1H3. The first-order valence-electron chi connectivity index (χ1n) is 5.77. The molecular weight excluding hydrogens is 302 g/mol. The van der Waals surface area contributed by atoms with Crippen LogP contribution in [0, 0.1) is 21.7 Å². The van der Waals surface area contributed by atoms with E-state index in [9.17, 15) is 23.7 Å². The third-order valence-electron chi connectivity index (χ3n) is 2.50. The Morgan fingerprint density at radius 1 is 1.23 bits per heavy atom. The molecule has 7 nitrogen and oxygen atoms in total. The zero-order valence-electron chi connectivity index (χ0n) is 11.1. The molecule has 22 heavy (non-hydrogen) atoms. The third kappa shape index (κ3) is 3.32. The summed E-state index contributed by atoms with van der Waals surface area (Å²) >= 11 is 0. The lowest BCUT2D eigenvalue weighted by Crippen LogP contribution is -2.04. The monoisotopic (exact) mass is 310 g/mol. The molecule has 1 aromatic carbocycles. The van der Waals surface area contributed by atoms with Crippen molar-refractivity contribution >= 4 is 11.7 Å². The second-order valence-corrected chi connectivity index (χ2v) is 4.00. The fourth-order valence-electron chi connectivity index (χ4n) is 1.58. The first kappa shape index (κ1) is 15.3. The molecule has 0 bridgehead atoms. The average molecular weight is 310 g/mol. The van der Waals surface area contributed by atoms with E-state index in [1.807, 2.05) is 0 Å². The highest BCUT2D eigenvalue weighted by Crippen LogP contribution is 2.30. The predicted octanol–water partition coefficient (Wildman–Crippen LogP) is 2.85. The van der Waals surface area contributed by atoms with E-state index < -0.39 is 34.1 Å². The van der Waals surface area contributed by atoms with Crippen molar-refractivity contribution in [1.82, 2.24) is 4.98 Å². The number of nitrogens with zero attached hydrogens (tertiary/aromatic N) is 2. The van der Waals surface area contributed by atoms with Crippen LogP contribution in [0.5, 0.6) is 11.6 Å². The lowest BCUT2D eigenvalue weighted by molar-refractivity contribution is -0.386. The second-order valence-electron chi connectivity index (χ2n) is 4.00. The van der Waals surface area contributed by atoms with Crippen LogP contribution >= 0.6 is 0 Å². The van der Waals surface area contributed by atoms with E-state index in [2.05, 4.69) is 9.72 Å². The van der Waals surface area contributed by atoms with Crippen LogP contribution in [0.15, 0.2) is 30.5 Å². The van der Waals surface area contributed by atoms with Crippen molar-refractivity contribution in [2.24, 2.45) is 0 Å². The van der Waals surface area contributed by atoms with Gasteiger partial charge < -0.3 is 9.47 Å². The number of carbonyl (C=O) groups excluding carboxylic acids is 1. The van der Waals surface area contributed by atoms with E-state index in [0.29, 0.717) is 6.07 Å². The zero-order chi connectivity index (χ0) is 16.3. The number of benzene rings is 1. The summed E-state index contributed by atoms with van der Waals surface area (Å²) in [6.45, 7) is 0. The van der Waals surface area contributed by atoms with Gasteiger partial charge in [0, 0.05) is 30.5 Å². The van der Waals surface area contributed by atoms with Crippen LogP contribution in [0.25, 0.3) is 0 Å². The van der Waals surface area contributed by atoms with Crippen LogP contribution in [0.4, 0.5) is 14.5 Å². The largest absolute Gasteiger partial charge is 0.465 e. The Kier molecular flexibility index (Phi) is 4.25. The average Bonchev–Trinajstić information content (AvgIpc) is 2.45. The third-order valence-corrected chi connectivity index (χ3v) is 2.50. The van der Waals surface area contributed by atoms with Crippen LogP contribution in [0.1, 0.15) is 10.4 Å². The number of hydrogen-bond donors (Lipinski definition) is 0. The zero-order valence-corrected chi connectivity index (χ0v) is 11.1. The van der Waals surface area contributed by atoms with E-state index in [1.54, 1.807) is 0 Å². The fourth-order valence-corrected chi connectivity index (χ4v) is 1.58. The molecule has 0 amide bonds. The Morgan fingerprint density at radius 2 is 1.86 bits per heavy atom. The maximum atomic E-state index is 13.1. The number of aromatic nitrogens is 1. The fraction of sp³-hybridized carbons (Fsp3) is 0.0769. The molecule has 0 radical (unpaired) electrons. The molecule has 0 unspecified atom stereocenters. The van der Waals surface area contributed by atoms with Crippen molar-refractivity contribution in [2.45, 2.75) is 0 Å². The van der Waals surface area contributed by atoms with Crippen LogP contribution in [0.2, 0.25) is 0 Å². The van der Waals surface area contributed by atoms with Gasteiger partial charge in [0.15, 0.2) is 0 Å². The van der Waals surface area contributed by atoms with E-state index >= 15 is 0 Å². The van der Waals surface area contributed by atoms with Gasteiger partial charge in [-0.15, -0.1) is 0 Å². The van der Waals surface area contributed by atoms with Crippen molar-refractivity contribution < 1.29 is 28.0 Å². The minimum absolute atomic E-state index is 0.160. The van der Waals surface area contributed by atoms with Gasteiger partial charge in [0.05, 0.1) is 17.6 Å². The molecule has 0 aliphatic carbocycles. The number of halogens is 2. The molecule has 0 atom stereocenters. The molecular formula is C13H8F2N2O5. The quantitative estimate of drug-likeness (QED) is 0.490. The van der Waals surface area contributed by atoms with Gasteiger partial charge in [0.1, 0.15) is 17.4 Å². The predicted molar refractivity (Wildman–Crippen MR) is 68.7 cm³/mol. The van der Waals surface area contributed by atoms with Crippen LogP contribution in [-0.4, -0.2) is 23.0 Å². The minimum Gasteiger partial charge on any atom is -0.465 e. The van der Waals surface area contributed by atoms with Crippen molar-refractivity contribution in [2.75, 3.05) is 7.11 Å². The number of nitro groups is 1. The molecule has 114 valence electrons. The highest BCUT2D eigenvalue weighted by molar-refractivity contribution is 5.89. The molecule has 0 N–H and O–H groups in total. The molecule has 0 saturated carbocycles. The Bertz CT molecular complexity index is 731. The molecule has 1 aromatic heterocycles. The molecule has 0 aliphatic heterocycles. The van der Waals surface area contributed by atoms with Gasteiger partial charge in [0.2, 0.25) is 0 Å². The summed E-state index contributed by atoms with van der Waals surface area (Å²) in [7, 11) is 1.11. The maximum Gasteiger partial charge on any atom is 0.339 e. The van der Waals surface area contributed by atoms with Crippen molar-refractivity contribution in [3.05, 3.63) is 57.8 Å². The lowest BCUT2D eigenvalue weighted by atomic mass is 10.2. The molecule has 0 fully saturated rings. The van der Waals surface area contributed by atoms with E-state index in [4.69, 9.17) is 4.74 Å². The maximum absolute atomic E-state index is 13.1. The molecule has 0 spiro atoms. The smallest absolute Gasteiger partial charge is 0.339 e. The van der Waals surface area contributed by atoms with E-state index in [1.165, 1.54) is 0 Å². The van der Waals surface area contributed by atoms with Gasteiger partial charge in [-0.3, -0.25) is 10.1 Å². The Hall–Kier alpha value is -3.10. The van der Waals surface area contributed by atoms with E-state index in [-0.39, 0.29) is 11.3 Å². The lowest BCUT2D eigenvalue weighted by Gasteiger charge is -2.06. The first-order valence-corrected chi connectivity index (χ1v) is 5.77. The Labute approximate surface area is 122 Å². The number of esters is 1. The summed E-state index contributed by atoms with van der Waals surface area (Å²) in [5, 5.41) is 11.0. The minimum atomic E-state index is -0.913. The topological polar surface area (TPSA) is 91.6 Å². The summed E-state index contributed by atoms with van der Waals surface area (Å²) in [6, 6.07) is 3.18. The van der Waals surface area contributed by atoms with Gasteiger partial charge in [-0.1, -0.05) is 0 Å². The molecule has 2 rings (SSSR count). The highest BCUT2D eigenvalue weighted by atomic mass is 19.1. The summed E-state index contributed by atoms with van der Waals surface area (Å²) in [5.41, 5.74) is -0.806. The van der Waals surface area contributed by atoms with Crippen LogP contribution in [0.3, 0.4) is 0 Å². The molecule has 0 saturated heterocycles. The van der Waals surface area contributed by atoms with Gasteiger partial charge in [0.25, 0.3) is 5.88 Å². The number of ether oxygens (including phenoxy) is 2. The number of hydrogen-bond acceptors (Lipinski definition) is 6. The molecule has 0 aliphatic rings. The van der Waals surface area contributed by atoms with Gasteiger partial charge in [-0.05, 0) is 0 Å². The summed E-state index contributed by atoms with van der Waals surface area (Å²) in [6.07, 6.45) is 0.990. The molecule has 9 heteroatoms. The Balaban J connectivity index is 2.42. The highest BCUT2D eigenvalue weighted by Gasteiger charge is 2.21. The molecule has 1 heterocycles. The van der Waals surface area contributed by atoms with Crippen molar-refractivity contribution in [3.8, 4) is 11.6 Å². The summed E-state index contributed by atoms with van der Waals surface area (Å²) < 4.78 is 35.6. The first-order chi connectivity index (χ1) is 10.4. The van der Waals surface area contributed by atoms with Gasteiger partial charge >= 0.3 is 11.7 Å². The normalized spacial score (nSPS) is 10.1. The van der Waals surface area contributed by atoms with Gasteiger partial charge in [-0.2, -0.15) is 0 Å². The Morgan fingerprint density at radius 3 is 2.41 bits per heavy atom. The van der Waals surface area contributed by atoms with Crippen molar-refractivity contribution in [3.63, 3.8) is 0 Å². The number of rotatable bonds is 4. The van der Waals surface area contributed by atoms with E-state index in [0.717, 1.165) is 31.5 Å². The SMILES string of the molecule is COC(=O)c1cnc(Oc2cc(F)cc(F)c2)c([N+](=O)[O-])c1. The number of pyridine rings is 1. The van der Waals surface area contributed by atoms with Crippen LogP contribution in [-0.2, 0) is 4.74 Å². The van der Waals surface area contributed by atoms with Crippen LogP contribution < -0.4 is 4.74 Å². The van der Waals surface area contributed by atoms with Crippen molar-refractivity contribution in [1.29, 1.82) is 0 Å². The summed E-state index contributed by atoms with van der Waals surface area (Å²) in [4.78, 5) is 25.1. The number of methoxy groups -OCH3 is 1. The number of carbonyl (C=O) groups is 1. The summed E-state index contributed by atoms with van der Waals surface area (Å²) in [5.74, 6) is -3.46. The molecule has 2 aromatic rings.